The van der Waals surface area contributed by atoms with Gasteiger partial charge in [0.05, 0.1) is 10.5 Å². The second kappa shape index (κ2) is 4.42. The van der Waals surface area contributed by atoms with Crippen LogP contribution in [0, 0.1) is 22.6 Å². The van der Waals surface area contributed by atoms with E-state index in [1.54, 1.807) is 6.07 Å². The van der Waals surface area contributed by atoms with Crippen molar-refractivity contribution in [3.63, 3.8) is 0 Å². The number of rotatable bonds is 4. The largest absolute Gasteiger partial charge is 0.384 e. The molecule has 84 valence electrons. The van der Waals surface area contributed by atoms with Crippen molar-refractivity contribution in [2.24, 2.45) is 5.41 Å². The Bertz CT molecular complexity index is 435. The molecule has 1 N–H and O–H groups in total. The zero-order valence-corrected chi connectivity index (χ0v) is 10.3. The summed E-state index contributed by atoms with van der Waals surface area (Å²) >= 11 is 3.11. The second-order valence-corrected chi connectivity index (χ2v) is 5.17. The average Bonchev–Trinajstić information content (AvgIpc) is 3.01. The van der Waals surface area contributed by atoms with E-state index in [1.165, 1.54) is 6.07 Å². The van der Waals surface area contributed by atoms with E-state index < -0.39 is 0 Å². The van der Waals surface area contributed by atoms with Crippen molar-refractivity contribution in [2.75, 3.05) is 11.9 Å². The summed E-state index contributed by atoms with van der Waals surface area (Å²) in [5.74, 6) is -0.268. The van der Waals surface area contributed by atoms with E-state index in [4.69, 9.17) is 5.26 Å². The van der Waals surface area contributed by atoms with E-state index in [0.717, 1.165) is 25.1 Å². The van der Waals surface area contributed by atoms with Gasteiger partial charge in [0.1, 0.15) is 5.82 Å². The molecule has 0 radical (unpaired) electrons. The molecular formula is C12H12BrFN2. The molecule has 0 amide bonds. The molecule has 2 nitrogen and oxygen atoms in total. The van der Waals surface area contributed by atoms with Gasteiger partial charge in [-0.1, -0.05) is 0 Å². The van der Waals surface area contributed by atoms with Gasteiger partial charge in [-0.3, -0.25) is 0 Å². The summed E-state index contributed by atoms with van der Waals surface area (Å²) in [6, 6.07) is 7.18. The van der Waals surface area contributed by atoms with Gasteiger partial charge in [0, 0.05) is 24.1 Å². The second-order valence-electron chi connectivity index (χ2n) is 4.32. The fourth-order valence-electron chi connectivity index (χ4n) is 1.66. The third-order valence-electron chi connectivity index (χ3n) is 3.00. The number of benzene rings is 1. The molecule has 1 fully saturated rings. The summed E-state index contributed by atoms with van der Waals surface area (Å²) in [5, 5.41) is 11.9. The molecule has 1 saturated carbocycles. The third-order valence-corrected chi connectivity index (χ3v) is 3.64. The number of nitrogens with zero attached hydrogens (tertiary/aromatic N) is 1. The highest BCUT2D eigenvalue weighted by Gasteiger charge is 2.42. The fraction of sp³-hybridized carbons (Fsp3) is 0.417. The molecule has 1 aliphatic rings. The van der Waals surface area contributed by atoms with Gasteiger partial charge in [0.2, 0.25) is 0 Å². The van der Waals surface area contributed by atoms with Gasteiger partial charge >= 0.3 is 0 Å². The first-order valence-corrected chi connectivity index (χ1v) is 6.00. The minimum Gasteiger partial charge on any atom is -0.384 e. The van der Waals surface area contributed by atoms with Crippen LogP contribution in [0.2, 0.25) is 0 Å². The molecule has 16 heavy (non-hydrogen) atoms. The minimum atomic E-state index is -0.268. The standard InChI is InChI=1S/C12H12BrFN2/c13-10-2-1-9(7-11(10)14)16-8-12(3-4-12)5-6-15/h1-2,7,16H,3-5,8H2. The van der Waals surface area contributed by atoms with E-state index >= 15 is 0 Å². The van der Waals surface area contributed by atoms with Gasteiger partial charge < -0.3 is 5.32 Å². The van der Waals surface area contributed by atoms with E-state index in [9.17, 15) is 4.39 Å². The van der Waals surface area contributed by atoms with Crippen molar-refractivity contribution in [3.05, 3.63) is 28.5 Å². The summed E-state index contributed by atoms with van der Waals surface area (Å²) in [6.07, 6.45) is 2.76. The highest BCUT2D eigenvalue weighted by molar-refractivity contribution is 9.10. The van der Waals surface area contributed by atoms with Crippen molar-refractivity contribution in [2.45, 2.75) is 19.3 Å². The first kappa shape index (κ1) is 11.4. The molecule has 0 atom stereocenters. The Hall–Kier alpha value is -1.08. The Morgan fingerprint density at radius 1 is 1.50 bits per heavy atom. The van der Waals surface area contributed by atoms with Crippen molar-refractivity contribution in [3.8, 4) is 6.07 Å². The number of hydrogen-bond donors (Lipinski definition) is 1. The number of anilines is 1. The van der Waals surface area contributed by atoms with Gasteiger partial charge in [-0.15, -0.1) is 0 Å². The Balaban J connectivity index is 1.95. The van der Waals surface area contributed by atoms with E-state index in [0.29, 0.717) is 10.9 Å². The smallest absolute Gasteiger partial charge is 0.139 e. The molecule has 0 aliphatic heterocycles. The lowest BCUT2D eigenvalue weighted by molar-refractivity contribution is 0.556. The average molecular weight is 283 g/mol. The maximum Gasteiger partial charge on any atom is 0.139 e. The summed E-state index contributed by atoms with van der Waals surface area (Å²) in [6.45, 7) is 0.752. The van der Waals surface area contributed by atoms with Gasteiger partial charge in [-0.2, -0.15) is 5.26 Å². The maximum atomic E-state index is 13.2. The number of nitriles is 1. The topological polar surface area (TPSA) is 35.8 Å². The molecule has 0 saturated heterocycles. The summed E-state index contributed by atoms with van der Waals surface area (Å²) in [5.41, 5.74) is 0.906. The van der Waals surface area contributed by atoms with Crippen molar-refractivity contribution in [1.82, 2.24) is 0 Å². The van der Waals surface area contributed by atoms with Gasteiger partial charge in [-0.25, -0.2) is 4.39 Å². The zero-order valence-electron chi connectivity index (χ0n) is 8.76. The minimum absolute atomic E-state index is 0.137. The van der Waals surface area contributed by atoms with Gasteiger partial charge in [-0.05, 0) is 47.0 Å². The van der Waals surface area contributed by atoms with Crippen LogP contribution in [0.15, 0.2) is 22.7 Å². The molecule has 1 aromatic rings. The molecule has 2 rings (SSSR count). The molecule has 4 heteroatoms. The maximum absolute atomic E-state index is 13.2. The SMILES string of the molecule is N#CCC1(CNc2ccc(Br)c(F)c2)CC1. The van der Waals surface area contributed by atoms with E-state index in [2.05, 4.69) is 27.3 Å². The Morgan fingerprint density at radius 2 is 2.25 bits per heavy atom. The summed E-state index contributed by atoms with van der Waals surface area (Å²) in [7, 11) is 0. The lowest BCUT2D eigenvalue weighted by atomic mass is 10.0. The van der Waals surface area contributed by atoms with E-state index in [-0.39, 0.29) is 11.2 Å². The molecule has 0 unspecified atom stereocenters. The Labute approximate surface area is 103 Å². The molecular weight excluding hydrogens is 271 g/mol. The quantitative estimate of drug-likeness (QED) is 0.914. The zero-order chi connectivity index (χ0) is 11.6. The van der Waals surface area contributed by atoms with Gasteiger partial charge in [0.25, 0.3) is 0 Å². The predicted octanol–water partition coefficient (Wildman–Crippen LogP) is 3.69. The first-order valence-electron chi connectivity index (χ1n) is 5.21. The van der Waals surface area contributed by atoms with Crippen molar-refractivity contribution in [1.29, 1.82) is 5.26 Å². The molecule has 0 spiro atoms. The molecule has 0 bridgehead atoms. The Kier molecular flexibility index (Phi) is 3.15. The Morgan fingerprint density at radius 3 is 2.81 bits per heavy atom. The van der Waals surface area contributed by atoms with Crippen LogP contribution in [0.25, 0.3) is 0 Å². The summed E-state index contributed by atoms with van der Waals surface area (Å²) < 4.78 is 13.7. The lowest BCUT2D eigenvalue weighted by Crippen LogP contribution is -2.14. The lowest BCUT2D eigenvalue weighted by Gasteiger charge is -2.13. The van der Waals surface area contributed by atoms with Crippen LogP contribution >= 0.6 is 15.9 Å². The normalized spacial score (nSPS) is 16.6. The first-order chi connectivity index (χ1) is 7.65. The monoisotopic (exact) mass is 282 g/mol. The van der Waals surface area contributed by atoms with Crippen LogP contribution in [0.3, 0.4) is 0 Å². The van der Waals surface area contributed by atoms with Crippen LogP contribution in [0.5, 0.6) is 0 Å². The van der Waals surface area contributed by atoms with Crippen LogP contribution in [-0.4, -0.2) is 6.54 Å². The highest BCUT2D eigenvalue weighted by Crippen LogP contribution is 2.48. The molecule has 0 aromatic heterocycles. The van der Waals surface area contributed by atoms with Crippen molar-refractivity contribution >= 4 is 21.6 Å². The molecule has 1 aliphatic carbocycles. The fourth-order valence-corrected chi connectivity index (χ4v) is 1.90. The van der Waals surface area contributed by atoms with Crippen molar-refractivity contribution < 1.29 is 4.39 Å². The highest BCUT2D eigenvalue weighted by atomic mass is 79.9. The number of hydrogen-bond acceptors (Lipinski definition) is 2. The van der Waals surface area contributed by atoms with Crippen LogP contribution < -0.4 is 5.32 Å². The predicted molar refractivity (Wildman–Crippen MR) is 64.5 cm³/mol. The molecule has 0 heterocycles. The van der Waals surface area contributed by atoms with Crippen LogP contribution in [0.1, 0.15) is 19.3 Å². The molecule has 1 aromatic carbocycles. The summed E-state index contributed by atoms with van der Waals surface area (Å²) in [4.78, 5) is 0. The van der Waals surface area contributed by atoms with Crippen LogP contribution in [-0.2, 0) is 0 Å². The van der Waals surface area contributed by atoms with E-state index in [1.807, 2.05) is 6.07 Å². The number of nitrogens with one attached hydrogen (secondary N) is 1. The number of halogens is 2. The van der Waals surface area contributed by atoms with Gasteiger partial charge in [0.15, 0.2) is 0 Å². The third kappa shape index (κ3) is 2.53. The van der Waals surface area contributed by atoms with Crippen LogP contribution in [0.4, 0.5) is 10.1 Å².